The van der Waals surface area contributed by atoms with Gasteiger partial charge >= 0.3 is 0 Å². The highest BCUT2D eigenvalue weighted by Gasteiger charge is 2.15. The minimum atomic E-state index is 0.193. The molecule has 6 heteroatoms. The number of amides is 1. The Morgan fingerprint density at radius 1 is 1.33 bits per heavy atom. The van der Waals surface area contributed by atoms with Gasteiger partial charge in [0, 0.05) is 43.7 Å². The molecule has 0 atom stereocenters. The molecule has 21 heavy (non-hydrogen) atoms. The van der Waals surface area contributed by atoms with Crippen molar-refractivity contribution in [2.75, 3.05) is 19.6 Å². The van der Waals surface area contributed by atoms with Crippen LogP contribution in [0.3, 0.4) is 0 Å². The molecule has 0 aliphatic carbocycles. The Morgan fingerprint density at radius 3 is 2.95 bits per heavy atom. The summed E-state index contributed by atoms with van der Waals surface area (Å²) < 4.78 is 1.78. The zero-order chi connectivity index (χ0) is 14.7. The van der Waals surface area contributed by atoms with E-state index in [9.17, 15) is 4.79 Å². The largest absolute Gasteiger partial charge is 0.342 e. The number of aromatic nitrogens is 3. The number of fused-ring (bicyclic) bond motifs is 1. The predicted octanol–water partition coefficient (Wildman–Crippen LogP) is 1.14. The molecule has 0 unspecified atom stereocenters. The van der Waals surface area contributed by atoms with E-state index < -0.39 is 0 Å². The minimum absolute atomic E-state index is 0.193. The molecular formula is C15H21N5O. The summed E-state index contributed by atoms with van der Waals surface area (Å²) in [7, 11) is 0. The smallest absolute Gasteiger partial charge is 0.236 e. The fraction of sp³-hybridized carbons (Fsp3) is 0.533. The summed E-state index contributed by atoms with van der Waals surface area (Å²) in [6, 6.07) is 1.94. The third-order valence-electron chi connectivity index (χ3n) is 3.80. The lowest BCUT2D eigenvalue weighted by Gasteiger charge is -2.26. The SMILES string of the molecule is Cc1cc2ncc(CNCC(=O)N3CCCCC3)cn2n1. The Morgan fingerprint density at radius 2 is 2.14 bits per heavy atom. The van der Waals surface area contributed by atoms with Crippen LogP contribution in [-0.2, 0) is 11.3 Å². The predicted molar refractivity (Wildman–Crippen MR) is 79.9 cm³/mol. The number of rotatable bonds is 4. The number of nitrogens with one attached hydrogen (secondary N) is 1. The van der Waals surface area contributed by atoms with Gasteiger partial charge in [-0.25, -0.2) is 9.50 Å². The van der Waals surface area contributed by atoms with Crippen molar-refractivity contribution in [3.63, 3.8) is 0 Å². The molecule has 2 aromatic heterocycles. The lowest BCUT2D eigenvalue weighted by molar-refractivity contribution is -0.131. The molecule has 1 aliphatic heterocycles. The van der Waals surface area contributed by atoms with Gasteiger partial charge in [0.15, 0.2) is 5.65 Å². The second-order valence-electron chi connectivity index (χ2n) is 5.60. The van der Waals surface area contributed by atoms with E-state index in [1.54, 1.807) is 4.52 Å². The van der Waals surface area contributed by atoms with Crippen molar-refractivity contribution in [3.8, 4) is 0 Å². The lowest BCUT2D eigenvalue weighted by atomic mass is 10.1. The normalized spacial score (nSPS) is 15.6. The third kappa shape index (κ3) is 3.39. The second kappa shape index (κ2) is 6.22. The molecule has 1 fully saturated rings. The second-order valence-corrected chi connectivity index (χ2v) is 5.60. The van der Waals surface area contributed by atoms with Crippen LogP contribution in [0.25, 0.3) is 5.65 Å². The van der Waals surface area contributed by atoms with Gasteiger partial charge in [-0.2, -0.15) is 5.10 Å². The van der Waals surface area contributed by atoms with Crippen molar-refractivity contribution in [1.82, 2.24) is 24.8 Å². The molecule has 1 amide bonds. The molecule has 0 aromatic carbocycles. The van der Waals surface area contributed by atoms with E-state index in [0.717, 1.165) is 42.8 Å². The van der Waals surface area contributed by atoms with Crippen molar-refractivity contribution in [2.24, 2.45) is 0 Å². The molecule has 0 bridgehead atoms. The number of nitrogens with zero attached hydrogens (tertiary/aromatic N) is 4. The van der Waals surface area contributed by atoms with E-state index in [1.165, 1.54) is 6.42 Å². The maximum absolute atomic E-state index is 12.0. The van der Waals surface area contributed by atoms with Crippen molar-refractivity contribution < 1.29 is 4.79 Å². The maximum Gasteiger partial charge on any atom is 0.236 e. The molecule has 2 aromatic rings. The van der Waals surface area contributed by atoms with Gasteiger partial charge in [0.05, 0.1) is 12.2 Å². The molecule has 3 heterocycles. The average molecular weight is 287 g/mol. The summed E-state index contributed by atoms with van der Waals surface area (Å²) in [6.07, 6.45) is 7.28. The highest BCUT2D eigenvalue weighted by atomic mass is 16.2. The van der Waals surface area contributed by atoms with Crippen LogP contribution in [0.2, 0.25) is 0 Å². The van der Waals surface area contributed by atoms with Gasteiger partial charge in [-0.1, -0.05) is 0 Å². The number of carbonyl (C=O) groups is 1. The van der Waals surface area contributed by atoms with E-state index in [-0.39, 0.29) is 5.91 Å². The summed E-state index contributed by atoms with van der Waals surface area (Å²) in [4.78, 5) is 18.3. The Bertz CT molecular complexity index is 630. The number of aryl methyl sites for hydroxylation is 1. The first-order chi connectivity index (χ1) is 10.2. The summed E-state index contributed by atoms with van der Waals surface area (Å²) in [5.74, 6) is 0.193. The fourth-order valence-corrected chi connectivity index (χ4v) is 2.69. The first-order valence-corrected chi connectivity index (χ1v) is 7.52. The first-order valence-electron chi connectivity index (χ1n) is 7.52. The summed E-state index contributed by atoms with van der Waals surface area (Å²) in [5.41, 5.74) is 2.82. The molecule has 6 nitrogen and oxygen atoms in total. The Labute approximate surface area is 124 Å². The zero-order valence-electron chi connectivity index (χ0n) is 12.4. The van der Waals surface area contributed by atoms with Gasteiger partial charge in [0.2, 0.25) is 5.91 Å². The van der Waals surface area contributed by atoms with Crippen LogP contribution >= 0.6 is 0 Å². The molecule has 0 saturated carbocycles. The summed E-state index contributed by atoms with van der Waals surface area (Å²) in [5, 5.41) is 7.54. The van der Waals surface area contributed by atoms with Crippen LogP contribution in [0.4, 0.5) is 0 Å². The first kappa shape index (κ1) is 14.0. The minimum Gasteiger partial charge on any atom is -0.342 e. The molecule has 1 N–H and O–H groups in total. The van der Waals surface area contributed by atoms with Gasteiger partial charge < -0.3 is 10.2 Å². The molecule has 112 valence electrons. The van der Waals surface area contributed by atoms with Gasteiger partial charge in [0.25, 0.3) is 0 Å². The molecule has 3 rings (SSSR count). The van der Waals surface area contributed by atoms with Gasteiger partial charge in [-0.05, 0) is 26.2 Å². The topological polar surface area (TPSA) is 62.5 Å². The Balaban J connectivity index is 1.52. The van der Waals surface area contributed by atoms with Crippen LogP contribution in [0.5, 0.6) is 0 Å². The Hall–Kier alpha value is -1.95. The standard InChI is InChI=1S/C15H21N5O/c1-12-7-14-17-9-13(11-20(14)18-12)8-16-10-15(21)19-5-3-2-4-6-19/h7,9,11,16H,2-6,8,10H2,1H3. The fourth-order valence-electron chi connectivity index (χ4n) is 2.69. The number of carbonyl (C=O) groups excluding carboxylic acids is 1. The maximum atomic E-state index is 12.0. The van der Waals surface area contributed by atoms with Gasteiger partial charge in [0.1, 0.15) is 0 Å². The van der Waals surface area contributed by atoms with E-state index >= 15 is 0 Å². The van der Waals surface area contributed by atoms with Crippen molar-refractivity contribution in [3.05, 3.63) is 29.7 Å². The summed E-state index contributed by atoms with van der Waals surface area (Å²) >= 11 is 0. The number of hydrogen-bond donors (Lipinski definition) is 1. The molecule has 1 aliphatic rings. The Kier molecular flexibility index (Phi) is 4.15. The number of hydrogen-bond acceptors (Lipinski definition) is 4. The number of piperidine rings is 1. The van der Waals surface area contributed by atoms with E-state index in [2.05, 4.69) is 15.4 Å². The average Bonchev–Trinajstić information content (AvgIpc) is 2.87. The van der Waals surface area contributed by atoms with Crippen LogP contribution in [-0.4, -0.2) is 45.0 Å². The van der Waals surface area contributed by atoms with Crippen LogP contribution < -0.4 is 5.32 Å². The zero-order valence-corrected chi connectivity index (χ0v) is 12.4. The summed E-state index contributed by atoms with van der Waals surface area (Å²) in [6.45, 7) is 4.77. The molecule has 0 spiro atoms. The van der Waals surface area contributed by atoms with Crippen LogP contribution in [0, 0.1) is 6.92 Å². The molecule has 1 saturated heterocycles. The highest BCUT2D eigenvalue weighted by molar-refractivity contribution is 5.78. The highest BCUT2D eigenvalue weighted by Crippen LogP contribution is 2.08. The van der Waals surface area contributed by atoms with Gasteiger partial charge in [-0.3, -0.25) is 4.79 Å². The number of likely N-dealkylation sites (tertiary alicyclic amines) is 1. The van der Waals surface area contributed by atoms with Crippen molar-refractivity contribution in [1.29, 1.82) is 0 Å². The van der Waals surface area contributed by atoms with E-state index in [1.807, 2.05) is 30.3 Å². The van der Waals surface area contributed by atoms with Crippen LogP contribution in [0.1, 0.15) is 30.5 Å². The monoisotopic (exact) mass is 287 g/mol. The third-order valence-corrected chi connectivity index (χ3v) is 3.80. The quantitative estimate of drug-likeness (QED) is 0.916. The van der Waals surface area contributed by atoms with Crippen molar-refractivity contribution >= 4 is 11.6 Å². The lowest BCUT2D eigenvalue weighted by Crippen LogP contribution is -2.40. The van der Waals surface area contributed by atoms with E-state index in [0.29, 0.717) is 13.1 Å². The molecular weight excluding hydrogens is 266 g/mol. The van der Waals surface area contributed by atoms with Gasteiger partial charge in [-0.15, -0.1) is 0 Å². The van der Waals surface area contributed by atoms with Crippen molar-refractivity contribution in [2.45, 2.75) is 32.7 Å². The molecule has 0 radical (unpaired) electrons. The van der Waals surface area contributed by atoms with E-state index in [4.69, 9.17) is 0 Å². The van der Waals surface area contributed by atoms with Crippen LogP contribution in [0.15, 0.2) is 18.5 Å².